The second-order valence-electron chi connectivity index (χ2n) is 15.8. The maximum atomic E-state index is 12.2. The Hall–Kier alpha value is -2.63. The van der Waals surface area contributed by atoms with Gasteiger partial charge >= 0.3 is 115 Å². The Morgan fingerprint density at radius 3 is 1.28 bits per heavy atom. The van der Waals surface area contributed by atoms with Crippen LogP contribution in [0, 0.1) is 5.92 Å². The number of carbonyl (C=O) groups is 4. The zero-order valence-corrected chi connectivity index (χ0v) is 41.7. The van der Waals surface area contributed by atoms with Gasteiger partial charge in [0.1, 0.15) is 11.2 Å². The molecule has 2 amide bonds. The first kappa shape index (κ1) is 53.4. The van der Waals surface area contributed by atoms with Crippen LogP contribution in [0.2, 0.25) is 0 Å². The van der Waals surface area contributed by atoms with Crippen molar-refractivity contribution in [3.63, 3.8) is 0 Å². The monoisotopic (exact) mass is 840 g/mol. The number of alkyl carbamates (subject to hydrolysis) is 2. The number of rotatable bonds is 14. The Bertz CT molecular complexity index is 1890. The third kappa shape index (κ3) is 21.1. The fourth-order valence-electron chi connectivity index (χ4n) is 5.72. The van der Waals surface area contributed by atoms with Gasteiger partial charge < -0.3 is 39.9 Å². The van der Waals surface area contributed by atoms with E-state index in [4.69, 9.17) is 9.47 Å². The molecule has 0 aromatic heterocycles. The van der Waals surface area contributed by atoms with Crippen LogP contribution in [0.1, 0.15) is 72.4 Å². The van der Waals surface area contributed by atoms with Crippen molar-refractivity contribution in [2.75, 3.05) is 0 Å². The van der Waals surface area contributed by atoms with E-state index in [0.717, 1.165) is 33.4 Å². The first-order valence-electron chi connectivity index (χ1n) is 18.7. The summed E-state index contributed by atoms with van der Waals surface area (Å²) in [4.78, 5) is 46.5. The molecule has 0 saturated carbocycles. The number of ether oxygens (including phenoxy) is 2. The average Bonchev–Trinajstić information content (AvgIpc) is 3.11. The van der Waals surface area contributed by atoms with Gasteiger partial charge in [-0.2, -0.15) is 0 Å². The van der Waals surface area contributed by atoms with Crippen LogP contribution in [-0.2, 0) is 31.9 Å². The van der Waals surface area contributed by atoms with Crippen LogP contribution < -0.4 is 124 Å². The van der Waals surface area contributed by atoms with Crippen molar-refractivity contribution in [3.8, 4) is 22.3 Å². The zero-order chi connectivity index (χ0) is 41.5. The van der Waals surface area contributed by atoms with E-state index in [1.54, 1.807) is 48.5 Å². The summed E-state index contributed by atoms with van der Waals surface area (Å²) < 4.78 is 10.6. The number of nitrogens with one attached hydrogen (secondary N) is 2. The third-order valence-electron chi connectivity index (χ3n) is 8.35. The molecule has 12 heteroatoms. The maximum Gasteiger partial charge on any atom is 1.00 e. The summed E-state index contributed by atoms with van der Waals surface area (Å²) in [5.41, 5.74) is 5.07. The summed E-state index contributed by atoms with van der Waals surface area (Å²) in [6, 6.07) is 35.2. The minimum Gasteiger partial charge on any atom is -0.550 e. The summed E-state index contributed by atoms with van der Waals surface area (Å²) in [7, 11) is 0. The molecule has 0 aliphatic heterocycles. The number of hydrogen-bond donors (Lipinski definition) is 2. The molecule has 0 aliphatic carbocycles. The van der Waals surface area contributed by atoms with Crippen LogP contribution in [-0.4, -0.2) is 47.4 Å². The van der Waals surface area contributed by atoms with Gasteiger partial charge in [0, 0.05) is 18.1 Å². The smallest absolute Gasteiger partial charge is 0.550 e. The van der Waals surface area contributed by atoms with Gasteiger partial charge in [0.15, 0.2) is 0 Å². The van der Waals surface area contributed by atoms with Crippen molar-refractivity contribution in [1.82, 2.24) is 10.6 Å². The number of benzene rings is 4. The molecule has 0 fully saturated rings. The van der Waals surface area contributed by atoms with Crippen LogP contribution in [0.3, 0.4) is 0 Å². The second-order valence-corrected chi connectivity index (χ2v) is 15.8. The van der Waals surface area contributed by atoms with Gasteiger partial charge in [-0.05, 0) is 112 Å². The first-order valence-corrected chi connectivity index (χ1v) is 18.7. The minimum atomic E-state index is -1.32. The van der Waals surface area contributed by atoms with Gasteiger partial charge in [-0.3, -0.25) is 0 Å². The molecular weight excluding hydrogens is 787 g/mol. The van der Waals surface area contributed by atoms with Crippen LogP contribution in [0.15, 0.2) is 121 Å². The van der Waals surface area contributed by atoms with Crippen molar-refractivity contribution < 1.29 is 142 Å². The van der Waals surface area contributed by atoms with Gasteiger partial charge in [0.2, 0.25) is 0 Å². The Labute approximate surface area is 428 Å². The molecule has 3 atom stereocenters. The Kier molecular flexibility index (Phi) is 23.8. The normalized spacial score (nSPS) is 12.3. The summed E-state index contributed by atoms with van der Waals surface area (Å²) >= 11 is 0. The summed E-state index contributed by atoms with van der Waals surface area (Å²) in [6.45, 7) is 15.8. The Morgan fingerprint density at radius 2 is 0.931 bits per heavy atom. The number of carbonyl (C=O) groups excluding carboxylic acids is 4. The number of amides is 2. The molecule has 0 saturated heterocycles. The largest absolute Gasteiger partial charge is 1.00 e. The molecule has 0 radical (unpaired) electrons. The maximum absolute atomic E-state index is 12.2. The van der Waals surface area contributed by atoms with Crippen molar-refractivity contribution in [1.29, 1.82) is 0 Å². The van der Waals surface area contributed by atoms with E-state index < -0.39 is 47.3 Å². The molecule has 3 unspecified atom stereocenters. The van der Waals surface area contributed by atoms with E-state index in [1.807, 2.05) is 109 Å². The summed E-state index contributed by atoms with van der Waals surface area (Å²) in [5.74, 6) is -3.13. The van der Waals surface area contributed by atoms with E-state index in [9.17, 15) is 29.4 Å². The van der Waals surface area contributed by atoms with Crippen LogP contribution in [0.4, 0.5) is 9.59 Å². The predicted molar refractivity (Wildman–Crippen MR) is 215 cm³/mol. The van der Waals surface area contributed by atoms with Crippen LogP contribution >= 0.6 is 0 Å². The third-order valence-corrected chi connectivity index (χ3v) is 8.35. The molecule has 0 spiro atoms. The fraction of sp³-hybridized carbons (Fsp3) is 0.348. The summed E-state index contributed by atoms with van der Waals surface area (Å²) in [6.07, 6.45) is 0.143. The van der Waals surface area contributed by atoms with Crippen LogP contribution in [0.25, 0.3) is 22.3 Å². The Morgan fingerprint density at radius 1 is 0.586 bits per heavy atom. The molecule has 4 aromatic rings. The molecule has 4 aromatic carbocycles. The van der Waals surface area contributed by atoms with Crippen molar-refractivity contribution in [2.24, 2.45) is 5.92 Å². The summed E-state index contributed by atoms with van der Waals surface area (Å²) in [5, 5.41) is 27.7. The molecule has 4 rings (SSSR count). The first-order chi connectivity index (χ1) is 26.3. The molecule has 0 bridgehead atoms. The van der Waals surface area contributed by atoms with E-state index in [1.165, 1.54) is 0 Å². The topological polar surface area (TPSA) is 157 Å². The fourth-order valence-corrected chi connectivity index (χ4v) is 5.72. The van der Waals surface area contributed by atoms with Gasteiger partial charge in [0.05, 0.1) is 5.97 Å². The molecule has 0 aliphatic rings. The van der Waals surface area contributed by atoms with E-state index in [0.29, 0.717) is 12.8 Å². The zero-order valence-electron chi connectivity index (χ0n) is 35.4. The quantitative estimate of drug-likeness (QED) is 0.141. The number of carboxylic acid groups (broad SMARTS) is 2. The van der Waals surface area contributed by atoms with Gasteiger partial charge in [-0.25, -0.2) is 9.59 Å². The number of aliphatic carboxylic acids is 2. The van der Waals surface area contributed by atoms with Crippen LogP contribution in [0.5, 0.6) is 0 Å². The SMILES string of the molecule is C=C(CC(Cc1ccc(-c2ccccc2)cc1)NC(=O)OC(C)(C)C)C(=O)[O-].CC(CC(Cc1ccc(-c2ccccc2)cc1)NC(=O)OC(C)(C)C)C(=O)[O-].[K+].[K+]. The molecule has 0 heterocycles. The minimum absolute atomic E-state index is 0. The molecule has 10 nitrogen and oxygen atoms in total. The molecule has 2 N–H and O–H groups in total. The van der Waals surface area contributed by atoms with Crippen molar-refractivity contribution in [2.45, 2.75) is 97.4 Å². The van der Waals surface area contributed by atoms with E-state index >= 15 is 0 Å². The van der Waals surface area contributed by atoms with Gasteiger partial charge in [0.25, 0.3) is 0 Å². The van der Waals surface area contributed by atoms with Gasteiger partial charge in [-0.1, -0.05) is 123 Å². The van der Waals surface area contributed by atoms with Crippen molar-refractivity contribution in [3.05, 3.63) is 132 Å². The van der Waals surface area contributed by atoms with E-state index in [-0.39, 0.29) is 127 Å². The molecule has 58 heavy (non-hydrogen) atoms. The number of carboxylic acids is 2. The Balaban J connectivity index is 0.000000561. The predicted octanol–water partition coefficient (Wildman–Crippen LogP) is 1.06. The molecule has 298 valence electrons. The standard InChI is InChI=1S/C23H29NO4.C23H27NO4.2K/c2*1-16(21(25)26)14-20(24-22(27)28-23(2,3)4)15-17-10-12-19(13-11-17)18-8-6-5-7-9-18;;/h5-13,16,20H,14-15H2,1-4H3,(H,24,27)(H,25,26);5-13,20H,1,14-15H2,2-4H3,(H,24,27)(H,25,26);;/q;;2*+1/p-2. The van der Waals surface area contributed by atoms with E-state index in [2.05, 4.69) is 17.2 Å². The second kappa shape index (κ2) is 25.9. The van der Waals surface area contributed by atoms with Crippen molar-refractivity contribution >= 4 is 24.1 Å². The average molecular weight is 841 g/mol. The van der Waals surface area contributed by atoms with Gasteiger partial charge in [-0.15, -0.1) is 0 Å². The number of hydrogen-bond acceptors (Lipinski definition) is 8. The molecular formula is C46H54K2N2O8.